The first kappa shape index (κ1) is 16.1. The van der Waals surface area contributed by atoms with Crippen molar-refractivity contribution in [1.29, 1.82) is 0 Å². The van der Waals surface area contributed by atoms with Crippen LogP contribution in [0.15, 0.2) is 29.5 Å². The molecule has 1 atom stereocenters. The average molecular weight is 334 g/mol. The zero-order chi connectivity index (χ0) is 16.7. The van der Waals surface area contributed by atoms with E-state index < -0.39 is 11.7 Å². The molecule has 4 nitrogen and oxygen atoms in total. The molecule has 1 aromatic carbocycles. The summed E-state index contributed by atoms with van der Waals surface area (Å²) in [6, 6.07) is 4.97. The van der Waals surface area contributed by atoms with E-state index in [-0.39, 0.29) is 23.3 Å². The monoisotopic (exact) mass is 333 g/mol. The predicted molar refractivity (Wildman–Crippen MR) is 89.8 cm³/mol. The van der Waals surface area contributed by atoms with Crippen LogP contribution in [0, 0.1) is 12.8 Å². The van der Waals surface area contributed by atoms with E-state index in [0.717, 1.165) is 31.2 Å². The van der Waals surface area contributed by atoms with Gasteiger partial charge in [0.1, 0.15) is 0 Å². The minimum absolute atomic E-state index is 0.207. The number of halogens is 1. The van der Waals surface area contributed by atoms with E-state index in [0.29, 0.717) is 10.7 Å². The Hall–Kier alpha value is -1.81. The Morgan fingerprint density at radius 3 is 2.52 bits per heavy atom. The Labute approximate surface area is 140 Å². The first-order valence-corrected chi connectivity index (χ1v) is 8.33. The summed E-state index contributed by atoms with van der Waals surface area (Å²) in [6.07, 6.45) is 4.11. The van der Waals surface area contributed by atoms with Gasteiger partial charge in [-0.1, -0.05) is 24.4 Å². The maximum atomic E-state index is 12.6. The van der Waals surface area contributed by atoms with E-state index in [1.54, 1.807) is 17.0 Å². The van der Waals surface area contributed by atoms with Crippen molar-refractivity contribution < 1.29 is 14.7 Å². The molecule has 23 heavy (non-hydrogen) atoms. The zero-order valence-corrected chi connectivity index (χ0v) is 14.1. The molecule has 1 heterocycles. The van der Waals surface area contributed by atoms with Crippen LogP contribution in [0.3, 0.4) is 0 Å². The number of hydrogen-bond donors (Lipinski definition) is 1. The van der Waals surface area contributed by atoms with Crippen molar-refractivity contribution in [3.63, 3.8) is 0 Å². The molecule has 2 aliphatic rings. The molecule has 0 radical (unpaired) electrons. The smallest absolute Gasteiger partial charge is 0.294 e. The summed E-state index contributed by atoms with van der Waals surface area (Å²) in [7, 11) is 0. The highest BCUT2D eigenvalue weighted by Crippen LogP contribution is 2.41. The van der Waals surface area contributed by atoms with E-state index in [2.05, 4.69) is 0 Å². The number of aliphatic hydroxyl groups excluding tert-OH is 1. The molecule has 1 amide bonds. The molecule has 122 valence electrons. The van der Waals surface area contributed by atoms with Crippen LogP contribution in [0.25, 0.3) is 0 Å². The molecule has 1 aliphatic carbocycles. The molecule has 1 aromatic rings. The van der Waals surface area contributed by atoms with Crippen molar-refractivity contribution in [3.05, 3.63) is 40.1 Å². The molecule has 0 bridgehead atoms. The number of carbonyl (C=O) groups is 2. The van der Waals surface area contributed by atoms with Gasteiger partial charge in [0.25, 0.3) is 5.91 Å². The summed E-state index contributed by atoms with van der Waals surface area (Å²) < 4.78 is 0. The Kier molecular flexibility index (Phi) is 4.19. The highest BCUT2D eigenvalue weighted by molar-refractivity contribution is 6.31. The Balaban J connectivity index is 2.08. The van der Waals surface area contributed by atoms with E-state index in [4.69, 9.17) is 11.6 Å². The van der Waals surface area contributed by atoms with Crippen LogP contribution in [-0.2, 0) is 9.59 Å². The molecule has 0 unspecified atom stereocenters. The number of aliphatic hydroxyl groups is 1. The van der Waals surface area contributed by atoms with Gasteiger partial charge in [0.15, 0.2) is 11.5 Å². The molecular formula is C18H20ClNO3. The quantitative estimate of drug-likeness (QED) is 0.911. The van der Waals surface area contributed by atoms with Crippen LogP contribution < -0.4 is 4.90 Å². The summed E-state index contributed by atoms with van der Waals surface area (Å²) in [5.41, 5.74) is 1.80. The van der Waals surface area contributed by atoms with Crippen molar-refractivity contribution in [3.8, 4) is 0 Å². The number of anilines is 1. The number of nitrogens with zero attached hydrogens (tertiary/aromatic N) is 1. The van der Waals surface area contributed by atoms with Gasteiger partial charge in [-0.2, -0.15) is 0 Å². The summed E-state index contributed by atoms with van der Waals surface area (Å²) >= 11 is 6.08. The fourth-order valence-electron chi connectivity index (χ4n) is 3.78. The van der Waals surface area contributed by atoms with Crippen LogP contribution in [0.2, 0.25) is 5.02 Å². The first-order chi connectivity index (χ1) is 10.9. The van der Waals surface area contributed by atoms with Crippen molar-refractivity contribution in [2.24, 2.45) is 5.92 Å². The Morgan fingerprint density at radius 2 is 1.96 bits per heavy atom. The summed E-state index contributed by atoms with van der Waals surface area (Å²) in [5, 5.41) is 10.9. The second kappa shape index (κ2) is 6.00. The summed E-state index contributed by atoms with van der Waals surface area (Å²) in [6.45, 7) is 3.29. The van der Waals surface area contributed by atoms with Crippen LogP contribution in [0.5, 0.6) is 0 Å². The van der Waals surface area contributed by atoms with E-state index in [1.807, 2.05) is 13.0 Å². The van der Waals surface area contributed by atoms with Gasteiger partial charge in [-0.05, 0) is 56.4 Å². The summed E-state index contributed by atoms with van der Waals surface area (Å²) in [5.74, 6) is -0.921. The van der Waals surface area contributed by atoms with Crippen molar-refractivity contribution in [2.45, 2.75) is 45.6 Å². The molecule has 0 spiro atoms. The van der Waals surface area contributed by atoms with Crippen LogP contribution in [0.4, 0.5) is 5.69 Å². The Bertz CT molecular complexity index is 704. The van der Waals surface area contributed by atoms with Gasteiger partial charge in [0, 0.05) is 10.7 Å². The number of rotatable bonds is 3. The van der Waals surface area contributed by atoms with Gasteiger partial charge in [-0.3, -0.25) is 14.5 Å². The lowest BCUT2D eigenvalue weighted by Gasteiger charge is -2.31. The molecule has 5 heteroatoms. The number of amides is 1. The lowest BCUT2D eigenvalue weighted by Crippen LogP contribution is -2.41. The number of benzene rings is 1. The maximum Gasteiger partial charge on any atom is 0.294 e. The average Bonchev–Trinajstić information content (AvgIpc) is 3.10. The topological polar surface area (TPSA) is 57.6 Å². The largest absolute Gasteiger partial charge is 0.503 e. The van der Waals surface area contributed by atoms with Crippen LogP contribution in [0.1, 0.15) is 38.2 Å². The third-order valence-corrected chi connectivity index (χ3v) is 5.32. The number of carbonyl (C=O) groups excluding carboxylic acids is 2. The van der Waals surface area contributed by atoms with Gasteiger partial charge in [-0.25, -0.2) is 0 Å². The van der Waals surface area contributed by atoms with E-state index in [1.165, 1.54) is 6.92 Å². The summed E-state index contributed by atoms with van der Waals surface area (Å²) in [4.78, 5) is 26.2. The third kappa shape index (κ3) is 2.65. The molecule has 1 fully saturated rings. The van der Waals surface area contributed by atoms with Gasteiger partial charge < -0.3 is 5.11 Å². The van der Waals surface area contributed by atoms with E-state index in [9.17, 15) is 14.7 Å². The lowest BCUT2D eigenvalue weighted by molar-refractivity contribution is -0.117. The molecule has 0 aromatic heterocycles. The molecule has 0 saturated heterocycles. The SMILES string of the molecule is CC(=O)C1=C(O)C(=O)N(c2ccc(Cl)c(C)c2)[C@@H]1C1CCCC1. The molecule has 1 aliphatic heterocycles. The van der Waals surface area contributed by atoms with Gasteiger partial charge in [0.05, 0.1) is 11.6 Å². The van der Waals surface area contributed by atoms with Crippen molar-refractivity contribution >= 4 is 29.0 Å². The highest BCUT2D eigenvalue weighted by atomic mass is 35.5. The minimum Gasteiger partial charge on any atom is -0.503 e. The maximum absolute atomic E-state index is 12.6. The fraction of sp³-hybridized carbons (Fsp3) is 0.444. The molecule has 3 rings (SSSR count). The second-order valence-corrected chi connectivity index (χ2v) is 6.82. The van der Waals surface area contributed by atoms with Gasteiger partial charge >= 0.3 is 0 Å². The second-order valence-electron chi connectivity index (χ2n) is 6.42. The first-order valence-electron chi connectivity index (χ1n) is 7.95. The van der Waals surface area contributed by atoms with E-state index >= 15 is 0 Å². The van der Waals surface area contributed by atoms with Crippen LogP contribution in [-0.4, -0.2) is 22.8 Å². The predicted octanol–water partition coefficient (Wildman–Crippen LogP) is 3.95. The third-order valence-electron chi connectivity index (χ3n) is 4.90. The molecule has 1 N–H and O–H groups in total. The van der Waals surface area contributed by atoms with Gasteiger partial charge in [-0.15, -0.1) is 0 Å². The lowest BCUT2D eigenvalue weighted by atomic mass is 9.90. The number of aryl methyl sites for hydroxylation is 1. The Morgan fingerprint density at radius 1 is 1.30 bits per heavy atom. The minimum atomic E-state index is -0.492. The highest BCUT2D eigenvalue weighted by Gasteiger charge is 2.46. The fourth-order valence-corrected chi connectivity index (χ4v) is 3.89. The zero-order valence-electron chi connectivity index (χ0n) is 13.3. The normalized spacial score (nSPS) is 22.3. The van der Waals surface area contributed by atoms with Gasteiger partial charge in [0.2, 0.25) is 0 Å². The van der Waals surface area contributed by atoms with Crippen molar-refractivity contribution in [2.75, 3.05) is 4.90 Å². The number of hydrogen-bond acceptors (Lipinski definition) is 3. The standard InChI is InChI=1S/C18H20ClNO3/c1-10-9-13(7-8-14(10)19)20-16(12-5-3-4-6-12)15(11(2)21)17(22)18(20)23/h7-9,12,16,22H,3-6H2,1-2H3/t16-/m1/s1. The number of Topliss-reactive ketones (excluding diaryl/α,β-unsaturated/α-hetero) is 1. The number of ketones is 1. The van der Waals surface area contributed by atoms with Crippen LogP contribution >= 0.6 is 11.6 Å². The molecule has 1 saturated carbocycles. The molecular weight excluding hydrogens is 314 g/mol. The van der Waals surface area contributed by atoms with Crippen molar-refractivity contribution in [1.82, 2.24) is 0 Å².